The monoisotopic (exact) mass is 271 g/mol. The fraction of sp³-hybridized carbons (Fsp3) is 1.00. The predicted molar refractivity (Wildman–Crippen MR) is 85.8 cm³/mol. The highest BCUT2D eigenvalue weighted by Crippen LogP contribution is 2.10. The van der Waals surface area contributed by atoms with Crippen LogP contribution < -0.4 is 5.32 Å². The Morgan fingerprint density at radius 3 is 1.89 bits per heavy atom. The van der Waals surface area contributed by atoms with Gasteiger partial charge in [0.15, 0.2) is 0 Å². The van der Waals surface area contributed by atoms with E-state index >= 15 is 0 Å². The quantitative estimate of drug-likeness (QED) is 0.427. The Morgan fingerprint density at radius 1 is 0.842 bits per heavy atom. The molecule has 0 aliphatic carbocycles. The Morgan fingerprint density at radius 2 is 1.37 bits per heavy atom. The first-order chi connectivity index (χ1) is 9.31. The highest BCUT2D eigenvalue weighted by molar-refractivity contribution is 4.60. The van der Waals surface area contributed by atoms with E-state index < -0.39 is 0 Å². The molecule has 116 valence electrons. The summed E-state index contributed by atoms with van der Waals surface area (Å²) in [5, 5.41) is 3.56. The van der Waals surface area contributed by atoms with Crippen LogP contribution in [-0.2, 0) is 4.74 Å². The summed E-state index contributed by atoms with van der Waals surface area (Å²) in [5.41, 5.74) is 0. The van der Waals surface area contributed by atoms with Crippen molar-refractivity contribution in [3.8, 4) is 0 Å². The lowest BCUT2D eigenvalue weighted by molar-refractivity contribution is 0.185. The number of hydrogen-bond donors (Lipinski definition) is 1. The molecule has 0 aliphatic heterocycles. The third-order valence-corrected chi connectivity index (χ3v) is 3.78. The summed E-state index contributed by atoms with van der Waals surface area (Å²) >= 11 is 0. The maximum atomic E-state index is 5.08. The molecule has 19 heavy (non-hydrogen) atoms. The number of methoxy groups -OCH3 is 1. The second-order valence-electron chi connectivity index (χ2n) is 5.82. The molecule has 0 amide bonds. The summed E-state index contributed by atoms with van der Waals surface area (Å²) in [4.78, 5) is 0. The van der Waals surface area contributed by atoms with Crippen LogP contribution in [0.2, 0.25) is 0 Å². The standard InChI is InChI=1S/C17H37NO/c1-4-5-6-7-8-9-10-11-12-13-15-18-17(2)14-16-19-3/h17-18H,4-16H2,1-3H3. The number of unbranched alkanes of at least 4 members (excludes halogenated alkanes) is 9. The van der Waals surface area contributed by atoms with E-state index in [-0.39, 0.29) is 0 Å². The van der Waals surface area contributed by atoms with Gasteiger partial charge in [-0.15, -0.1) is 0 Å². The zero-order valence-electron chi connectivity index (χ0n) is 13.7. The first-order valence-electron chi connectivity index (χ1n) is 8.53. The van der Waals surface area contributed by atoms with Crippen molar-refractivity contribution in [3.05, 3.63) is 0 Å². The topological polar surface area (TPSA) is 21.3 Å². The zero-order valence-corrected chi connectivity index (χ0v) is 13.7. The van der Waals surface area contributed by atoms with Gasteiger partial charge in [-0.05, 0) is 26.3 Å². The molecule has 0 saturated heterocycles. The van der Waals surface area contributed by atoms with Crippen LogP contribution in [0.15, 0.2) is 0 Å². The lowest BCUT2D eigenvalue weighted by atomic mass is 10.1. The van der Waals surface area contributed by atoms with Gasteiger partial charge < -0.3 is 10.1 Å². The summed E-state index contributed by atoms with van der Waals surface area (Å²) in [6, 6.07) is 0.596. The average molecular weight is 271 g/mol. The zero-order chi connectivity index (χ0) is 14.2. The Hall–Kier alpha value is -0.0800. The van der Waals surface area contributed by atoms with Crippen molar-refractivity contribution in [2.24, 2.45) is 0 Å². The van der Waals surface area contributed by atoms with Crippen LogP contribution in [0.4, 0.5) is 0 Å². The molecule has 2 heteroatoms. The van der Waals surface area contributed by atoms with E-state index in [1.807, 2.05) is 0 Å². The van der Waals surface area contributed by atoms with Gasteiger partial charge in [0.25, 0.3) is 0 Å². The van der Waals surface area contributed by atoms with Crippen LogP contribution in [0.1, 0.15) is 84.5 Å². The molecule has 0 radical (unpaired) electrons. The van der Waals surface area contributed by atoms with E-state index in [1.54, 1.807) is 7.11 Å². The second-order valence-corrected chi connectivity index (χ2v) is 5.82. The molecule has 0 fully saturated rings. The van der Waals surface area contributed by atoms with E-state index in [0.29, 0.717) is 6.04 Å². The van der Waals surface area contributed by atoms with Gasteiger partial charge in [-0.2, -0.15) is 0 Å². The largest absolute Gasteiger partial charge is 0.385 e. The van der Waals surface area contributed by atoms with Gasteiger partial charge in [-0.25, -0.2) is 0 Å². The highest BCUT2D eigenvalue weighted by Gasteiger charge is 1.99. The third-order valence-electron chi connectivity index (χ3n) is 3.78. The first-order valence-corrected chi connectivity index (χ1v) is 8.53. The van der Waals surface area contributed by atoms with Crippen molar-refractivity contribution in [2.75, 3.05) is 20.3 Å². The minimum absolute atomic E-state index is 0.596. The first kappa shape index (κ1) is 18.9. The summed E-state index contributed by atoms with van der Waals surface area (Å²) in [6.45, 7) is 6.56. The van der Waals surface area contributed by atoms with Crippen LogP contribution in [0.5, 0.6) is 0 Å². The minimum atomic E-state index is 0.596. The smallest absolute Gasteiger partial charge is 0.0476 e. The van der Waals surface area contributed by atoms with Gasteiger partial charge in [-0.1, -0.05) is 64.7 Å². The van der Waals surface area contributed by atoms with E-state index in [2.05, 4.69) is 19.2 Å². The van der Waals surface area contributed by atoms with Gasteiger partial charge in [0.2, 0.25) is 0 Å². The molecule has 1 unspecified atom stereocenters. The fourth-order valence-corrected chi connectivity index (χ4v) is 2.36. The lowest BCUT2D eigenvalue weighted by Gasteiger charge is -2.12. The van der Waals surface area contributed by atoms with Gasteiger partial charge in [-0.3, -0.25) is 0 Å². The van der Waals surface area contributed by atoms with Crippen molar-refractivity contribution < 1.29 is 4.74 Å². The molecule has 0 spiro atoms. The summed E-state index contributed by atoms with van der Waals surface area (Å²) in [5.74, 6) is 0. The van der Waals surface area contributed by atoms with Crippen LogP contribution in [-0.4, -0.2) is 26.3 Å². The maximum Gasteiger partial charge on any atom is 0.0476 e. The molecule has 2 nitrogen and oxygen atoms in total. The highest BCUT2D eigenvalue weighted by atomic mass is 16.5. The van der Waals surface area contributed by atoms with Crippen molar-refractivity contribution in [1.82, 2.24) is 5.32 Å². The summed E-state index contributed by atoms with van der Waals surface area (Å²) in [7, 11) is 1.77. The molecule has 0 aliphatic rings. The Kier molecular flexibility index (Phi) is 15.9. The van der Waals surface area contributed by atoms with Crippen molar-refractivity contribution >= 4 is 0 Å². The summed E-state index contributed by atoms with van der Waals surface area (Å²) in [6.07, 6.45) is 15.3. The molecular formula is C17H37NO. The molecular weight excluding hydrogens is 234 g/mol. The van der Waals surface area contributed by atoms with Crippen LogP contribution in [0, 0.1) is 0 Å². The van der Waals surface area contributed by atoms with Crippen molar-refractivity contribution in [1.29, 1.82) is 0 Å². The Balaban J connectivity index is 3.02. The third kappa shape index (κ3) is 15.9. The molecule has 0 aromatic rings. The van der Waals surface area contributed by atoms with E-state index in [0.717, 1.165) is 13.0 Å². The molecule has 0 heterocycles. The molecule has 0 rings (SSSR count). The number of hydrogen-bond acceptors (Lipinski definition) is 2. The van der Waals surface area contributed by atoms with E-state index in [9.17, 15) is 0 Å². The normalized spacial score (nSPS) is 12.8. The maximum absolute atomic E-state index is 5.08. The number of ether oxygens (including phenoxy) is 1. The van der Waals surface area contributed by atoms with Crippen LogP contribution in [0.3, 0.4) is 0 Å². The average Bonchev–Trinajstić information content (AvgIpc) is 2.42. The molecule has 0 aromatic heterocycles. The number of nitrogens with one attached hydrogen (secondary N) is 1. The fourth-order valence-electron chi connectivity index (χ4n) is 2.36. The number of rotatable bonds is 15. The van der Waals surface area contributed by atoms with Gasteiger partial charge >= 0.3 is 0 Å². The van der Waals surface area contributed by atoms with E-state index in [4.69, 9.17) is 4.74 Å². The van der Waals surface area contributed by atoms with E-state index in [1.165, 1.54) is 70.8 Å². The summed E-state index contributed by atoms with van der Waals surface area (Å²) < 4.78 is 5.08. The molecule has 0 bridgehead atoms. The SMILES string of the molecule is CCCCCCCCCCCCNC(C)CCOC. The molecule has 1 atom stereocenters. The Bertz CT molecular complexity index is 161. The van der Waals surface area contributed by atoms with Crippen molar-refractivity contribution in [3.63, 3.8) is 0 Å². The molecule has 1 N–H and O–H groups in total. The van der Waals surface area contributed by atoms with Crippen molar-refractivity contribution in [2.45, 2.75) is 90.5 Å². The van der Waals surface area contributed by atoms with Crippen LogP contribution >= 0.6 is 0 Å². The predicted octanol–water partition coefficient (Wildman–Crippen LogP) is 4.92. The molecule has 0 aromatic carbocycles. The van der Waals surface area contributed by atoms with Gasteiger partial charge in [0, 0.05) is 19.8 Å². The molecule has 0 saturated carbocycles. The Labute approximate surface area is 121 Å². The lowest BCUT2D eigenvalue weighted by Crippen LogP contribution is -2.28. The van der Waals surface area contributed by atoms with Gasteiger partial charge in [0.1, 0.15) is 0 Å². The second kappa shape index (κ2) is 16.0. The van der Waals surface area contributed by atoms with Gasteiger partial charge in [0.05, 0.1) is 0 Å². The minimum Gasteiger partial charge on any atom is -0.385 e. The van der Waals surface area contributed by atoms with Crippen LogP contribution in [0.25, 0.3) is 0 Å².